The fourth-order valence-corrected chi connectivity index (χ4v) is 2.00. The normalized spacial score (nSPS) is 15.2. The van der Waals surface area contributed by atoms with E-state index in [2.05, 4.69) is 4.98 Å². The molecule has 0 aliphatic heterocycles. The van der Waals surface area contributed by atoms with Crippen LogP contribution in [-0.4, -0.2) is 34.8 Å². The average Bonchev–Trinajstić information content (AvgIpc) is 3.18. The molecule has 0 unspecified atom stereocenters. The summed E-state index contributed by atoms with van der Waals surface area (Å²) in [6, 6.07) is 2.41. The largest absolute Gasteiger partial charge is 0.478 e. The van der Waals surface area contributed by atoms with Gasteiger partial charge in [0.05, 0.1) is 5.56 Å². The van der Waals surface area contributed by atoms with Gasteiger partial charge in [0.1, 0.15) is 12.4 Å². The van der Waals surface area contributed by atoms with Crippen LogP contribution in [0, 0.1) is 0 Å². The Morgan fingerprint density at radius 3 is 2.55 bits per heavy atom. The van der Waals surface area contributed by atoms with Crippen molar-refractivity contribution in [3.05, 3.63) is 23.4 Å². The molecule has 1 aliphatic rings. The highest BCUT2D eigenvalue weighted by molar-refractivity contribution is 5.88. The Balaban J connectivity index is 2.36. The van der Waals surface area contributed by atoms with Crippen molar-refractivity contribution in [3.63, 3.8) is 0 Å². The lowest BCUT2D eigenvalue weighted by atomic mass is 10.2. The number of pyridine rings is 1. The molecule has 0 aromatic carbocycles. The lowest BCUT2D eigenvalue weighted by Gasteiger charge is -2.25. The summed E-state index contributed by atoms with van der Waals surface area (Å²) in [5.41, 5.74) is 0.451. The fraction of sp³-hybridized carbons (Fsp3) is 0.538. The molecule has 110 valence electrons. The molecule has 7 heteroatoms. The molecule has 1 N–H and O–H groups in total. The summed E-state index contributed by atoms with van der Waals surface area (Å²) in [6.07, 6.45) is -2.51. The predicted molar refractivity (Wildman–Crippen MR) is 67.0 cm³/mol. The van der Waals surface area contributed by atoms with Gasteiger partial charge in [-0.05, 0) is 31.4 Å². The molecule has 0 atom stereocenters. The third-order valence-electron chi connectivity index (χ3n) is 3.11. The third kappa shape index (κ3) is 3.61. The van der Waals surface area contributed by atoms with Crippen LogP contribution < -0.4 is 4.90 Å². The van der Waals surface area contributed by atoms with Crippen molar-refractivity contribution in [2.75, 3.05) is 11.4 Å². The average molecular weight is 288 g/mol. The van der Waals surface area contributed by atoms with Crippen LogP contribution in [0.5, 0.6) is 0 Å². The lowest BCUT2D eigenvalue weighted by molar-refractivity contribution is -0.120. The van der Waals surface area contributed by atoms with E-state index in [0.29, 0.717) is 25.0 Å². The molecule has 1 fully saturated rings. The van der Waals surface area contributed by atoms with Gasteiger partial charge in [-0.15, -0.1) is 0 Å². The summed E-state index contributed by atoms with van der Waals surface area (Å²) in [7, 11) is 0. The number of hydrogen-bond acceptors (Lipinski definition) is 3. The van der Waals surface area contributed by atoms with E-state index >= 15 is 0 Å². The number of nitrogens with zero attached hydrogens (tertiary/aromatic N) is 2. The van der Waals surface area contributed by atoms with Gasteiger partial charge in [-0.3, -0.25) is 0 Å². The zero-order valence-electron chi connectivity index (χ0n) is 10.9. The third-order valence-corrected chi connectivity index (χ3v) is 3.11. The summed E-state index contributed by atoms with van der Waals surface area (Å²) in [5.74, 6) is -1.06. The maximum Gasteiger partial charge on any atom is 0.405 e. The second kappa shape index (κ2) is 5.30. The Morgan fingerprint density at radius 1 is 1.45 bits per heavy atom. The first-order valence-electron chi connectivity index (χ1n) is 6.38. The highest BCUT2D eigenvalue weighted by Crippen LogP contribution is 2.34. The molecule has 1 aromatic heterocycles. The van der Waals surface area contributed by atoms with Crippen molar-refractivity contribution >= 4 is 11.8 Å². The Morgan fingerprint density at radius 2 is 2.10 bits per heavy atom. The second-order valence-corrected chi connectivity index (χ2v) is 4.84. The highest BCUT2D eigenvalue weighted by Gasteiger charge is 2.39. The van der Waals surface area contributed by atoms with E-state index in [0.717, 1.165) is 4.90 Å². The number of alkyl halides is 3. The maximum absolute atomic E-state index is 12.6. The van der Waals surface area contributed by atoms with Crippen LogP contribution in [0.15, 0.2) is 12.1 Å². The van der Waals surface area contributed by atoms with Crippen LogP contribution >= 0.6 is 0 Å². The minimum atomic E-state index is -4.34. The molecule has 0 radical (unpaired) electrons. The minimum absolute atomic E-state index is 0.0281. The first kappa shape index (κ1) is 14.6. The van der Waals surface area contributed by atoms with Gasteiger partial charge in [0, 0.05) is 11.7 Å². The van der Waals surface area contributed by atoms with E-state index in [1.807, 2.05) is 0 Å². The number of aromatic carboxylic acids is 1. The quantitative estimate of drug-likeness (QED) is 0.905. The van der Waals surface area contributed by atoms with Crippen molar-refractivity contribution in [1.29, 1.82) is 0 Å². The Labute approximate surface area is 114 Å². The van der Waals surface area contributed by atoms with E-state index in [1.165, 1.54) is 12.1 Å². The van der Waals surface area contributed by atoms with E-state index in [9.17, 15) is 18.0 Å². The number of carboxylic acids is 1. The number of halogens is 3. The number of rotatable bonds is 5. The van der Waals surface area contributed by atoms with Gasteiger partial charge in [0.2, 0.25) is 0 Å². The summed E-state index contributed by atoms with van der Waals surface area (Å²) in [6.45, 7) is 0.680. The van der Waals surface area contributed by atoms with Gasteiger partial charge in [-0.25, -0.2) is 9.78 Å². The smallest absolute Gasteiger partial charge is 0.405 e. The van der Waals surface area contributed by atoms with Gasteiger partial charge in [-0.2, -0.15) is 13.2 Å². The van der Waals surface area contributed by atoms with Crippen LogP contribution in [0.25, 0.3) is 0 Å². The summed E-state index contributed by atoms with van der Waals surface area (Å²) in [5, 5.41) is 9.03. The molecule has 1 saturated carbocycles. The van der Waals surface area contributed by atoms with Gasteiger partial charge in [0.25, 0.3) is 0 Å². The predicted octanol–water partition coefficient (Wildman–Crippen LogP) is 2.87. The first-order valence-corrected chi connectivity index (χ1v) is 6.38. The van der Waals surface area contributed by atoms with Crippen LogP contribution in [-0.2, 0) is 6.42 Å². The minimum Gasteiger partial charge on any atom is -0.478 e. The van der Waals surface area contributed by atoms with Gasteiger partial charge in [0.15, 0.2) is 0 Å². The molecule has 1 heterocycles. The second-order valence-electron chi connectivity index (χ2n) is 4.84. The molecular weight excluding hydrogens is 273 g/mol. The maximum atomic E-state index is 12.6. The molecule has 0 spiro atoms. The highest BCUT2D eigenvalue weighted by atomic mass is 19.4. The molecule has 1 aliphatic carbocycles. The topological polar surface area (TPSA) is 53.4 Å². The van der Waals surface area contributed by atoms with E-state index in [-0.39, 0.29) is 17.4 Å². The Hall–Kier alpha value is -1.79. The van der Waals surface area contributed by atoms with Crippen molar-refractivity contribution in [2.24, 2.45) is 0 Å². The number of carbonyl (C=O) groups is 1. The van der Waals surface area contributed by atoms with Crippen LogP contribution in [0.4, 0.5) is 19.0 Å². The van der Waals surface area contributed by atoms with Crippen molar-refractivity contribution < 1.29 is 23.1 Å². The molecular formula is C13H15F3N2O2. The van der Waals surface area contributed by atoms with E-state index in [4.69, 9.17) is 5.11 Å². The summed E-state index contributed by atoms with van der Waals surface area (Å²) in [4.78, 5) is 16.3. The van der Waals surface area contributed by atoms with Crippen molar-refractivity contribution in [1.82, 2.24) is 4.98 Å². The van der Waals surface area contributed by atoms with E-state index < -0.39 is 18.7 Å². The lowest BCUT2D eigenvalue weighted by Crippen LogP contribution is -2.36. The Bertz CT molecular complexity index is 513. The summed E-state index contributed by atoms with van der Waals surface area (Å²) < 4.78 is 37.9. The molecule has 2 rings (SSSR count). The zero-order valence-corrected chi connectivity index (χ0v) is 10.9. The molecule has 0 saturated heterocycles. The Kier molecular flexibility index (Phi) is 3.87. The number of anilines is 1. The molecule has 20 heavy (non-hydrogen) atoms. The number of carboxylic acid groups (broad SMARTS) is 1. The molecule has 0 amide bonds. The number of aryl methyl sites for hydroxylation is 1. The monoisotopic (exact) mass is 288 g/mol. The number of hydrogen-bond donors (Lipinski definition) is 1. The van der Waals surface area contributed by atoms with Crippen LogP contribution in [0.1, 0.15) is 35.8 Å². The van der Waals surface area contributed by atoms with Crippen molar-refractivity contribution in [3.8, 4) is 0 Å². The van der Waals surface area contributed by atoms with Crippen LogP contribution in [0.3, 0.4) is 0 Å². The van der Waals surface area contributed by atoms with Gasteiger partial charge in [-0.1, -0.05) is 6.92 Å². The van der Waals surface area contributed by atoms with Gasteiger partial charge < -0.3 is 10.0 Å². The molecule has 1 aromatic rings. The molecule has 4 nitrogen and oxygen atoms in total. The standard InChI is InChI=1S/C13H15F3N2O2/c1-2-9-5-8(12(19)20)6-11(17-9)18(10-3-4-10)7-13(14,15)16/h5-6,10H,2-4,7H2,1H3,(H,19,20). The first-order chi connectivity index (χ1) is 9.30. The van der Waals surface area contributed by atoms with E-state index in [1.54, 1.807) is 6.92 Å². The fourth-order valence-electron chi connectivity index (χ4n) is 2.00. The van der Waals surface area contributed by atoms with Crippen molar-refractivity contribution in [2.45, 2.75) is 38.4 Å². The molecule has 0 bridgehead atoms. The van der Waals surface area contributed by atoms with Gasteiger partial charge >= 0.3 is 12.1 Å². The summed E-state index contributed by atoms with van der Waals surface area (Å²) >= 11 is 0. The zero-order chi connectivity index (χ0) is 14.9. The van der Waals surface area contributed by atoms with Crippen LogP contribution in [0.2, 0.25) is 0 Å². The SMILES string of the molecule is CCc1cc(C(=O)O)cc(N(CC(F)(F)F)C2CC2)n1. The number of aromatic nitrogens is 1.